The molecule has 10 heteroatoms. The lowest BCUT2D eigenvalue weighted by Gasteiger charge is -2.32. The van der Waals surface area contributed by atoms with Gasteiger partial charge in [0.15, 0.2) is 0 Å². The number of hydrogen-bond acceptors (Lipinski definition) is 5. The van der Waals surface area contributed by atoms with Crippen molar-refractivity contribution in [2.75, 3.05) is 24.5 Å². The van der Waals surface area contributed by atoms with Gasteiger partial charge in [-0.25, -0.2) is 8.42 Å². The lowest BCUT2D eigenvalue weighted by Crippen LogP contribution is -2.51. The molecule has 0 bridgehead atoms. The average molecular weight is 586 g/mol. The van der Waals surface area contributed by atoms with Crippen LogP contribution in [0.2, 0.25) is 5.02 Å². The topological polar surface area (TPSA) is 96.0 Å². The molecule has 3 aromatic carbocycles. The molecule has 214 valence electrons. The van der Waals surface area contributed by atoms with Gasteiger partial charge >= 0.3 is 0 Å². The Hall–Kier alpha value is -3.56. The molecule has 0 radical (unpaired) electrons. The molecule has 1 unspecified atom stereocenters. The zero-order chi connectivity index (χ0) is 29.4. The zero-order valence-electron chi connectivity index (χ0n) is 23.5. The van der Waals surface area contributed by atoms with Crippen LogP contribution in [0.15, 0.2) is 71.6 Å². The number of carbonyl (C=O) groups excluding carboxylic acids is 2. The van der Waals surface area contributed by atoms with E-state index in [1.165, 1.54) is 30.2 Å². The van der Waals surface area contributed by atoms with Gasteiger partial charge in [-0.2, -0.15) is 0 Å². The van der Waals surface area contributed by atoms with Crippen molar-refractivity contribution in [3.8, 4) is 5.75 Å². The summed E-state index contributed by atoms with van der Waals surface area (Å²) in [5.74, 6) is -0.652. The third-order valence-corrected chi connectivity index (χ3v) is 8.46. The van der Waals surface area contributed by atoms with E-state index in [0.29, 0.717) is 6.54 Å². The number of rotatable bonds is 12. The van der Waals surface area contributed by atoms with Crippen LogP contribution in [-0.2, 0) is 26.2 Å². The second-order valence-electron chi connectivity index (χ2n) is 9.62. The summed E-state index contributed by atoms with van der Waals surface area (Å²) in [6, 6.07) is 17.7. The summed E-state index contributed by atoms with van der Waals surface area (Å²) >= 11 is 6.27. The number of halogens is 1. The summed E-state index contributed by atoms with van der Waals surface area (Å²) in [6.45, 7) is 7.37. The molecular formula is C30H36ClN3O5S. The molecule has 40 heavy (non-hydrogen) atoms. The van der Waals surface area contributed by atoms with E-state index in [-0.39, 0.29) is 33.8 Å². The maximum atomic E-state index is 14.0. The van der Waals surface area contributed by atoms with Crippen molar-refractivity contribution in [1.82, 2.24) is 10.2 Å². The first kappa shape index (κ1) is 31.0. The predicted molar refractivity (Wildman–Crippen MR) is 158 cm³/mol. The van der Waals surface area contributed by atoms with Gasteiger partial charge in [-0.05, 0) is 63.1 Å². The normalized spacial score (nSPS) is 11.9. The number of sulfonamides is 1. The van der Waals surface area contributed by atoms with Crippen molar-refractivity contribution < 1.29 is 22.7 Å². The molecule has 0 aliphatic heterocycles. The van der Waals surface area contributed by atoms with E-state index in [0.717, 1.165) is 27.4 Å². The van der Waals surface area contributed by atoms with Crippen LogP contribution in [0.1, 0.15) is 37.0 Å². The number of nitrogens with one attached hydrogen (secondary N) is 1. The number of anilines is 1. The third-order valence-electron chi connectivity index (χ3n) is 6.45. The molecule has 0 heterocycles. The summed E-state index contributed by atoms with van der Waals surface area (Å²) in [6.07, 6.45) is 0.738. The average Bonchev–Trinajstić information content (AvgIpc) is 2.93. The first-order valence-electron chi connectivity index (χ1n) is 13.0. The molecular weight excluding hydrogens is 550 g/mol. The summed E-state index contributed by atoms with van der Waals surface area (Å²) in [5, 5.41) is 3.11. The predicted octanol–water partition coefficient (Wildman–Crippen LogP) is 5.10. The minimum absolute atomic E-state index is 0.00639. The minimum atomic E-state index is -4.24. The maximum Gasteiger partial charge on any atom is 0.264 e. The molecule has 0 saturated heterocycles. The largest absolute Gasteiger partial charge is 0.495 e. The Morgan fingerprint density at radius 1 is 1.00 bits per heavy atom. The van der Waals surface area contributed by atoms with Crippen molar-refractivity contribution in [2.24, 2.45) is 0 Å². The lowest BCUT2D eigenvalue weighted by atomic mass is 10.1. The van der Waals surface area contributed by atoms with Crippen LogP contribution in [0, 0.1) is 13.8 Å². The van der Waals surface area contributed by atoms with Gasteiger partial charge in [-0.3, -0.25) is 13.9 Å². The fraction of sp³-hybridized carbons (Fsp3) is 0.333. The van der Waals surface area contributed by atoms with E-state index in [1.54, 1.807) is 31.2 Å². The molecule has 0 fully saturated rings. The van der Waals surface area contributed by atoms with Crippen LogP contribution in [0.4, 0.5) is 5.69 Å². The molecule has 1 N–H and O–H groups in total. The van der Waals surface area contributed by atoms with Crippen LogP contribution in [0.25, 0.3) is 0 Å². The number of methoxy groups -OCH3 is 1. The number of amides is 2. The minimum Gasteiger partial charge on any atom is -0.495 e. The molecule has 3 rings (SSSR count). The van der Waals surface area contributed by atoms with Crippen molar-refractivity contribution in [3.63, 3.8) is 0 Å². The molecule has 1 atom stereocenters. The van der Waals surface area contributed by atoms with Gasteiger partial charge in [-0.15, -0.1) is 0 Å². The van der Waals surface area contributed by atoms with Gasteiger partial charge in [0.1, 0.15) is 18.3 Å². The Kier molecular flexibility index (Phi) is 10.6. The molecule has 0 saturated carbocycles. The van der Waals surface area contributed by atoms with E-state index < -0.39 is 28.5 Å². The quantitative estimate of drug-likeness (QED) is 0.319. The number of carbonyl (C=O) groups is 2. The molecule has 0 spiro atoms. The summed E-state index contributed by atoms with van der Waals surface area (Å²) in [7, 11) is -2.83. The first-order valence-corrected chi connectivity index (χ1v) is 14.9. The Morgan fingerprint density at radius 2 is 1.70 bits per heavy atom. The highest BCUT2D eigenvalue weighted by Gasteiger charge is 2.34. The van der Waals surface area contributed by atoms with Crippen LogP contribution in [-0.4, -0.2) is 51.4 Å². The fourth-order valence-electron chi connectivity index (χ4n) is 4.19. The molecule has 0 aliphatic rings. The highest BCUT2D eigenvalue weighted by atomic mass is 35.5. The molecule has 8 nitrogen and oxygen atoms in total. The van der Waals surface area contributed by atoms with Gasteiger partial charge < -0.3 is 15.0 Å². The zero-order valence-corrected chi connectivity index (χ0v) is 25.1. The third kappa shape index (κ3) is 7.55. The van der Waals surface area contributed by atoms with Gasteiger partial charge in [0, 0.05) is 18.1 Å². The number of hydrogen-bond donors (Lipinski definition) is 1. The smallest absolute Gasteiger partial charge is 0.264 e. The standard InChI is InChI=1S/C30H36ClN3O5S/c1-6-16-32-30(36)23(4)33(19-24-9-7-8-22(3)17-24)29(35)20-34(27-18-25(31)12-15-28(27)39-5)40(37,38)26-13-10-21(2)11-14-26/h7-15,17-18,23H,6,16,19-20H2,1-5H3,(H,32,36). The van der Waals surface area contributed by atoms with Gasteiger partial charge in [-0.1, -0.05) is 66.0 Å². The van der Waals surface area contributed by atoms with Crippen LogP contribution in [0.3, 0.4) is 0 Å². The van der Waals surface area contributed by atoms with Crippen molar-refractivity contribution in [1.29, 1.82) is 0 Å². The van der Waals surface area contributed by atoms with Gasteiger partial charge in [0.05, 0.1) is 17.7 Å². The van der Waals surface area contributed by atoms with E-state index in [1.807, 2.05) is 45.0 Å². The number of ether oxygens (including phenoxy) is 1. The lowest BCUT2D eigenvalue weighted by molar-refractivity contribution is -0.139. The summed E-state index contributed by atoms with van der Waals surface area (Å²) in [5.41, 5.74) is 2.82. The second-order valence-corrected chi connectivity index (χ2v) is 11.9. The number of nitrogens with zero attached hydrogens (tertiary/aromatic N) is 2. The van der Waals surface area contributed by atoms with Crippen LogP contribution >= 0.6 is 11.6 Å². The van der Waals surface area contributed by atoms with Crippen LogP contribution in [0.5, 0.6) is 5.75 Å². The Morgan fingerprint density at radius 3 is 2.33 bits per heavy atom. The van der Waals surface area contributed by atoms with Crippen molar-refractivity contribution in [2.45, 2.75) is 51.6 Å². The molecule has 0 aromatic heterocycles. The van der Waals surface area contributed by atoms with Crippen LogP contribution < -0.4 is 14.4 Å². The Bertz CT molecular complexity index is 1440. The van der Waals surface area contributed by atoms with Crippen molar-refractivity contribution in [3.05, 3.63) is 88.4 Å². The molecule has 0 aliphatic carbocycles. The fourth-order valence-corrected chi connectivity index (χ4v) is 5.78. The Balaban J connectivity index is 2.09. The number of benzene rings is 3. The van der Waals surface area contributed by atoms with E-state index in [9.17, 15) is 18.0 Å². The summed E-state index contributed by atoms with van der Waals surface area (Å²) in [4.78, 5) is 28.4. The Labute approximate surface area is 241 Å². The second kappa shape index (κ2) is 13.7. The maximum absolute atomic E-state index is 14.0. The van der Waals surface area contributed by atoms with E-state index in [4.69, 9.17) is 16.3 Å². The van der Waals surface area contributed by atoms with E-state index >= 15 is 0 Å². The van der Waals surface area contributed by atoms with Gasteiger partial charge in [0.25, 0.3) is 10.0 Å². The SMILES string of the molecule is CCCNC(=O)C(C)N(Cc1cccc(C)c1)C(=O)CN(c1cc(Cl)ccc1OC)S(=O)(=O)c1ccc(C)cc1. The van der Waals surface area contributed by atoms with Gasteiger partial charge in [0.2, 0.25) is 11.8 Å². The summed E-state index contributed by atoms with van der Waals surface area (Å²) < 4.78 is 34.5. The van der Waals surface area contributed by atoms with Crippen molar-refractivity contribution >= 4 is 39.1 Å². The molecule has 2 amide bonds. The monoisotopic (exact) mass is 585 g/mol. The van der Waals surface area contributed by atoms with E-state index in [2.05, 4.69) is 5.32 Å². The highest BCUT2D eigenvalue weighted by molar-refractivity contribution is 7.92. The highest BCUT2D eigenvalue weighted by Crippen LogP contribution is 2.35. The molecule has 3 aromatic rings. The number of aryl methyl sites for hydroxylation is 2. The first-order chi connectivity index (χ1) is 19.0.